The zero-order chi connectivity index (χ0) is 14.1. The second-order valence-electron chi connectivity index (χ2n) is 5.53. The maximum Gasteiger partial charge on any atom is 0.000721 e. The SMILES string of the molecule is C1=P(c2ccccc2)(c2ccccc2)Cc2ccccc21. The monoisotopic (exact) mass is 288 g/mol. The van der Waals surface area contributed by atoms with Crippen molar-refractivity contribution in [3.63, 3.8) is 0 Å². The van der Waals surface area contributed by atoms with Crippen molar-refractivity contribution in [1.29, 1.82) is 0 Å². The Balaban J connectivity index is 1.99. The van der Waals surface area contributed by atoms with Crippen LogP contribution in [0, 0.1) is 0 Å². The van der Waals surface area contributed by atoms with Gasteiger partial charge in [-0.25, -0.2) is 0 Å². The molecule has 21 heavy (non-hydrogen) atoms. The molecule has 1 heterocycles. The van der Waals surface area contributed by atoms with Gasteiger partial charge in [-0.2, -0.15) is 0 Å². The molecule has 0 N–H and O–H groups in total. The molecule has 4 rings (SSSR count). The van der Waals surface area contributed by atoms with Crippen molar-refractivity contribution in [1.82, 2.24) is 0 Å². The summed E-state index contributed by atoms with van der Waals surface area (Å²) in [5.74, 6) is 2.55. The highest BCUT2D eigenvalue weighted by atomic mass is 31.2. The van der Waals surface area contributed by atoms with Gasteiger partial charge in [-0.05, 0) is 34.4 Å². The third kappa shape index (κ3) is 2.07. The molecule has 0 nitrogen and oxygen atoms in total. The molecular formula is C20H17P. The van der Waals surface area contributed by atoms with E-state index in [1.165, 1.54) is 21.7 Å². The number of hydrogen-bond donors (Lipinski definition) is 0. The van der Waals surface area contributed by atoms with Crippen molar-refractivity contribution in [3.8, 4) is 0 Å². The maximum absolute atomic E-state index is 2.55. The van der Waals surface area contributed by atoms with Crippen molar-refractivity contribution < 1.29 is 0 Å². The summed E-state index contributed by atoms with van der Waals surface area (Å²) in [7, 11) is 0. The van der Waals surface area contributed by atoms with Crippen LogP contribution in [0.1, 0.15) is 11.1 Å². The average Bonchev–Trinajstić information content (AvgIpc) is 2.97. The van der Waals surface area contributed by atoms with Crippen molar-refractivity contribution >= 4 is 23.3 Å². The molecule has 0 aromatic heterocycles. The van der Waals surface area contributed by atoms with E-state index in [2.05, 4.69) is 90.7 Å². The quantitative estimate of drug-likeness (QED) is 0.625. The molecule has 1 aliphatic rings. The summed E-state index contributed by atoms with van der Waals surface area (Å²) in [6.07, 6.45) is 1.15. The van der Waals surface area contributed by atoms with Crippen LogP contribution in [0.15, 0.2) is 84.9 Å². The number of fused-ring (bicyclic) bond motifs is 1. The van der Waals surface area contributed by atoms with Crippen LogP contribution in [-0.2, 0) is 6.16 Å². The Morgan fingerprint density at radius 1 is 0.571 bits per heavy atom. The minimum atomic E-state index is -1.46. The second-order valence-corrected chi connectivity index (χ2v) is 8.87. The van der Waals surface area contributed by atoms with E-state index in [0.29, 0.717) is 0 Å². The van der Waals surface area contributed by atoms with Gasteiger partial charge in [-0.1, -0.05) is 84.9 Å². The van der Waals surface area contributed by atoms with Crippen LogP contribution >= 0.6 is 6.89 Å². The molecule has 0 atom stereocenters. The lowest BCUT2D eigenvalue weighted by Crippen LogP contribution is -2.17. The highest BCUT2D eigenvalue weighted by Gasteiger charge is 2.28. The predicted molar refractivity (Wildman–Crippen MR) is 94.4 cm³/mol. The molecule has 0 unspecified atom stereocenters. The zero-order valence-electron chi connectivity index (χ0n) is 11.8. The summed E-state index contributed by atoms with van der Waals surface area (Å²) >= 11 is 0. The molecule has 0 spiro atoms. The molecule has 1 aliphatic heterocycles. The fourth-order valence-corrected chi connectivity index (χ4v) is 7.24. The van der Waals surface area contributed by atoms with Crippen LogP contribution in [-0.4, -0.2) is 5.80 Å². The standard InChI is InChI=1S/C20H17P/c1-3-11-19(12-4-1)21(20-13-5-2-6-14-20)15-17-9-7-8-10-18(17)16-21/h1-15H,16H2. The lowest BCUT2D eigenvalue weighted by Gasteiger charge is -2.24. The fraction of sp³-hybridized carbons (Fsp3) is 0.0500. The molecular weight excluding hydrogens is 271 g/mol. The van der Waals surface area contributed by atoms with E-state index < -0.39 is 6.89 Å². The number of hydrogen-bond acceptors (Lipinski definition) is 0. The van der Waals surface area contributed by atoms with Gasteiger partial charge in [-0.3, -0.25) is 0 Å². The molecule has 0 radical (unpaired) electrons. The number of benzene rings is 3. The normalized spacial score (nSPS) is 15.2. The van der Waals surface area contributed by atoms with Crippen LogP contribution in [0.3, 0.4) is 0 Å². The molecule has 0 saturated heterocycles. The van der Waals surface area contributed by atoms with Crippen LogP contribution in [0.4, 0.5) is 0 Å². The summed E-state index contributed by atoms with van der Waals surface area (Å²) in [5.41, 5.74) is 2.90. The molecule has 102 valence electrons. The van der Waals surface area contributed by atoms with Crippen molar-refractivity contribution in [2.24, 2.45) is 0 Å². The summed E-state index contributed by atoms with van der Waals surface area (Å²) in [5, 5.41) is 2.96. The Labute approximate surface area is 126 Å². The topological polar surface area (TPSA) is 0 Å². The first kappa shape index (κ1) is 12.7. The van der Waals surface area contributed by atoms with Gasteiger partial charge < -0.3 is 0 Å². The molecule has 0 aliphatic carbocycles. The first-order valence-electron chi connectivity index (χ1n) is 7.31. The van der Waals surface area contributed by atoms with Crippen molar-refractivity contribution in [2.45, 2.75) is 6.16 Å². The zero-order valence-corrected chi connectivity index (χ0v) is 12.7. The molecule has 0 fully saturated rings. The molecule has 1 heteroatoms. The second kappa shape index (κ2) is 5.06. The molecule has 3 aromatic carbocycles. The smallest absolute Gasteiger partial charge is 0.000721 e. The minimum absolute atomic E-state index is 1.15. The lowest BCUT2D eigenvalue weighted by atomic mass is 10.1. The molecule has 0 saturated carbocycles. The predicted octanol–water partition coefficient (Wildman–Crippen LogP) is 4.02. The molecule has 0 amide bonds. The highest BCUT2D eigenvalue weighted by Crippen LogP contribution is 2.52. The Morgan fingerprint density at radius 3 is 1.67 bits per heavy atom. The van der Waals surface area contributed by atoms with Gasteiger partial charge in [0.05, 0.1) is 0 Å². The molecule has 0 bridgehead atoms. The van der Waals surface area contributed by atoms with Gasteiger partial charge in [-0.15, -0.1) is 0 Å². The number of rotatable bonds is 2. The van der Waals surface area contributed by atoms with Gasteiger partial charge in [0.1, 0.15) is 0 Å². The summed E-state index contributed by atoms with van der Waals surface area (Å²) in [6.45, 7) is -1.46. The van der Waals surface area contributed by atoms with Crippen LogP contribution in [0.5, 0.6) is 0 Å². The van der Waals surface area contributed by atoms with Gasteiger partial charge in [0.25, 0.3) is 0 Å². The van der Waals surface area contributed by atoms with E-state index in [4.69, 9.17) is 0 Å². The minimum Gasteiger partial charge on any atom is -0.0622 e. The van der Waals surface area contributed by atoms with E-state index >= 15 is 0 Å². The van der Waals surface area contributed by atoms with Gasteiger partial charge >= 0.3 is 0 Å². The Morgan fingerprint density at radius 2 is 1.10 bits per heavy atom. The first-order chi connectivity index (χ1) is 10.4. The Kier molecular flexibility index (Phi) is 3.05. The Bertz CT molecular complexity index is 773. The van der Waals surface area contributed by atoms with Crippen molar-refractivity contribution in [2.75, 3.05) is 0 Å². The van der Waals surface area contributed by atoms with E-state index in [-0.39, 0.29) is 0 Å². The first-order valence-corrected chi connectivity index (χ1v) is 9.36. The van der Waals surface area contributed by atoms with Crippen LogP contribution < -0.4 is 10.6 Å². The fourth-order valence-electron chi connectivity index (χ4n) is 3.22. The third-order valence-electron chi connectivity index (χ3n) is 4.27. The molecule has 3 aromatic rings. The van der Waals surface area contributed by atoms with E-state index in [1.807, 2.05) is 0 Å². The highest BCUT2D eigenvalue weighted by molar-refractivity contribution is 7.88. The van der Waals surface area contributed by atoms with E-state index in [1.54, 1.807) is 0 Å². The van der Waals surface area contributed by atoms with E-state index in [0.717, 1.165) is 6.16 Å². The Hall–Kier alpha value is -2.04. The third-order valence-corrected chi connectivity index (χ3v) is 8.27. The van der Waals surface area contributed by atoms with Crippen LogP contribution in [0.25, 0.3) is 0 Å². The van der Waals surface area contributed by atoms with Crippen LogP contribution in [0.2, 0.25) is 0 Å². The largest absolute Gasteiger partial charge is 0.0622 e. The van der Waals surface area contributed by atoms with Crippen molar-refractivity contribution in [3.05, 3.63) is 96.1 Å². The summed E-state index contributed by atoms with van der Waals surface area (Å²) < 4.78 is 0. The average molecular weight is 288 g/mol. The maximum atomic E-state index is 2.55. The lowest BCUT2D eigenvalue weighted by molar-refractivity contribution is 1.41. The van der Waals surface area contributed by atoms with Gasteiger partial charge in [0.2, 0.25) is 0 Å². The van der Waals surface area contributed by atoms with Gasteiger partial charge in [0, 0.05) is 6.16 Å². The summed E-state index contributed by atoms with van der Waals surface area (Å²) in [6, 6.07) is 30.9. The van der Waals surface area contributed by atoms with E-state index in [9.17, 15) is 0 Å². The van der Waals surface area contributed by atoms with Gasteiger partial charge in [0.15, 0.2) is 0 Å². The summed E-state index contributed by atoms with van der Waals surface area (Å²) in [4.78, 5) is 0.